The molecule has 15 rings (SSSR count). The number of benzene rings is 11. The number of nitrogens with zero attached hydrogens (tertiary/aromatic N) is 2. The van der Waals surface area contributed by atoms with Gasteiger partial charge in [-0.1, -0.05) is 238 Å². The average Bonchev–Trinajstić information content (AvgIpc) is 0.666. The minimum Gasteiger partial charge on any atom is -0.506 e. The molecule has 2 aromatic heterocycles. The summed E-state index contributed by atoms with van der Waals surface area (Å²) in [6.07, 6.45) is 0. The maximum absolute atomic E-state index is 16.7. The Morgan fingerprint density at radius 3 is 0.759 bits per heavy atom. The fraction of sp³-hybridized carbons (Fsp3) is 0.347. The highest BCUT2D eigenvalue weighted by atomic mass is 16.5. The van der Waals surface area contributed by atoms with Gasteiger partial charge in [-0.25, -0.2) is 9.97 Å². The molecule has 552 valence electrons. The molecule has 2 heterocycles. The monoisotopic (exact) mass is 1430 g/mol. The van der Waals surface area contributed by atoms with E-state index in [1.54, 1.807) is 0 Å². The molecule has 10 heteroatoms. The largest absolute Gasteiger partial charge is 0.506 e. The average molecular weight is 1440 g/mol. The Balaban J connectivity index is 1.25. The fourth-order valence-corrected chi connectivity index (χ4v) is 16.2. The van der Waals surface area contributed by atoms with Gasteiger partial charge in [-0.2, -0.15) is 0 Å². The lowest BCUT2D eigenvalue weighted by molar-refractivity contribution is 0.102. The van der Waals surface area contributed by atoms with Crippen molar-refractivity contribution in [2.75, 3.05) is 0 Å². The van der Waals surface area contributed by atoms with Crippen molar-refractivity contribution in [1.82, 2.24) is 9.97 Å². The zero-order chi connectivity index (χ0) is 78.0. The van der Waals surface area contributed by atoms with Gasteiger partial charge in [0.25, 0.3) is 0 Å². The minimum atomic E-state index is -0.486. The topological polar surface area (TPSA) is 137 Å². The predicted molar refractivity (Wildman–Crippen MR) is 444 cm³/mol. The van der Waals surface area contributed by atoms with E-state index in [0.717, 1.165) is 55.6 Å². The van der Waals surface area contributed by atoms with Gasteiger partial charge in [-0.15, -0.1) is 0 Å². The number of hydrogen-bond donors (Lipinski definition) is 2. The van der Waals surface area contributed by atoms with E-state index in [1.807, 2.05) is 86.6 Å². The molecule has 13 aromatic rings. The first kappa shape index (κ1) is 73.2. The number of aryl methyl sites for hydroxylation is 2. The third-order valence-electron chi connectivity index (χ3n) is 22.3. The zero-order valence-corrected chi connectivity index (χ0v) is 67.9. The van der Waals surface area contributed by atoms with Gasteiger partial charge in [0.15, 0.2) is 11.6 Å². The first-order valence-corrected chi connectivity index (χ1v) is 38.1. The van der Waals surface area contributed by atoms with Crippen molar-refractivity contribution < 1.29 is 38.7 Å². The predicted octanol–water partition coefficient (Wildman–Crippen LogP) is 26.8. The van der Waals surface area contributed by atoms with Gasteiger partial charge in [0, 0.05) is 98.4 Å². The van der Waals surface area contributed by atoms with Crippen LogP contribution in [0, 0.1) is 13.8 Å². The second-order valence-corrected chi connectivity index (χ2v) is 39.0. The number of ketones is 2. The van der Waals surface area contributed by atoms with Gasteiger partial charge in [0.05, 0.1) is 33.5 Å². The van der Waals surface area contributed by atoms with Crippen LogP contribution in [-0.4, -0.2) is 31.7 Å². The van der Waals surface area contributed by atoms with Gasteiger partial charge in [-0.3, -0.25) is 9.59 Å². The SMILES string of the molecule is Cc1ccc2nc3c(c(O)c2c1)C(=O)c1cc(Oc2ccc(C(C)(C)C)cc2C(C)(C)C)c2c4c(Oc5ccc(C(C)(C)C)cc5C(C)(C)C)cc5c6c(cc(Oc7ccc(C(C)(C)C)cc7C(C)(C)C)c(c7c(Oc8ccc(C(C)(C)C)cc8C(C)(C)C)cc-3c1c27)c64)-c1nc2ccc(C)cc2c(O)c1C5=O. The van der Waals surface area contributed by atoms with Crippen LogP contribution in [-0.2, 0) is 43.3 Å². The number of carbonyl (C=O) groups is 2. The number of fused-ring (bicyclic) bond motifs is 8. The van der Waals surface area contributed by atoms with Crippen molar-refractivity contribution in [1.29, 1.82) is 0 Å². The molecule has 2 aliphatic carbocycles. The van der Waals surface area contributed by atoms with Crippen LogP contribution in [0.5, 0.6) is 57.5 Å². The Morgan fingerprint density at radius 1 is 0.269 bits per heavy atom. The number of ether oxygens (including phenoxy) is 4. The zero-order valence-electron chi connectivity index (χ0n) is 67.9. The number of aromatic hydroxyl groups is 2. The summed E-state index contributed by atoms with van der Waals surface area (Å²) in [4.78, 5) is 44.4. The summed E-state index contributed by atoms with van der Waals surface area (Å²) in [6.45, 7) is 56.7. The maximum atomic E-state index is 16.7. The Morgan fingerprint density at radius 2 is 0.519 bits per heavy atom. The molecule has 0 amide bonds. The van der Waals surface area contributed by atoms with Crippen molar-refractivity contribution >= 4 is 76.5 Å². The van der Waals surface area contributed by atoms with E-state index in [9.17, 15) is 10.2 Å². The highest BCUT2D eigenvalue weighted by Gasteiger charge is 2.42. The minimum absolute atomic E-state index is 0.0515. The first-order chi connectivity index (χ1) is 50.1. The van der Waals surface area contributed by atoms with Crippen molar-refractivity contribution in [3.8, 4) is 80.0 Å². The Kier molecular flexibility index (Phi) is 16.3. The number of rotatable bonds is 8. The molecular formula is C98H102N2O8. The number of aromatic nitrogens is 2. The summed E-state index contributed by atoms with van der Waals surface area (Å²) >= 11 is 0. The van der Waals surface area contributed by atoms with Crippen LogP contribution in [0.4, 0.5) is 0 Å². The first-order valence-electron chi connectivity index (χ1n) is 38.1. The van der Waals surface area contributed by atoms with E-state index in [-0.39, 0.29) is 66.8 Å². The summed E-state index contributed by atoms with van der Waals surface area (Å²) in [6, 6.07) is 44.9. The highest BCUT2D eigenvalue weighted by Crippen LogP contribution is 2.62. The van der Waals surface area contributed by atoms with E-state index >= 15 is 9.59 Å². The van der Waals surface area contributed by atoms with Crippen molar-refractivity contribution in [3.05, 3.63) is 211 Å². The molecule has 0 unspecified atom stereocenters. The van der Waals surface area contributed by atoms with E-state index in [4.69, 9.17) is 28.9 Å². The maximum Gasteiger partial charge on any atom is 0.199 e. The smallest absolute Gasteiger partial charge is 0.199 e. The Hall–Kier alpha value is -10.3. The quantitative estimate of drug-likeness (QED) is 0.112. The van der Waals surface area contributed by atoms with Crippen LogP contribution in [0.1, 0.15) is 254 Å². The fourth-order valence-electron chi connectivity index (χ4n) is 16.2. The van der Waals surface area contributed by atoms with Crippen molar-refractivity contribution in [2.24, 2.45) is 0 Å². The highest BCUT2D eigenvalue weighted by molar-refractivity contribution is 6.45. The Bertz CT molecular complexity index is 5690. The van der Waals surface area contributed by atoms with Crippen LogP contribution in [0.15, 0.2) is 133 Å². The molecule has 0 saturated heterocycles. The van der Waals surface area contributed by atoms with E-state index in [2.05, 4.69) is 227 Å². The van der Waals surface area contributed by atoms with Gasteiger partial charge in [-0.05, 0) is 152 Å². The molecule has 2 N–H and O–H groups in total. The number of carbonyl (C=O) groups excluding carboxylic acids is 2. The molecule has 2 aliphatic rings. The van der Waals surface area contributed by atoms with E-state index in [0.29, 0.717) is 122 Å². The summed E-state index contributed by atoms with van der Waals surface area (Å²) in [5.41, 5.74) is 10.4. The standard InChI is InChI=1S/C98H102N2O8/c1-49-27-33-65-55(39-49)87(101)83-85(99-65)57-45-71(105-67-35-29-51(91(3,4)5)41-61(67)95(15,16)17)77-78-72(106-68-36-30-52(92(6,7)8)42-62(68)96(18,19)20)46-58-76-60(90(104)84-86(58)100-66-34-28-50(2)40-56(66)88(84)102)48-74(108-70-38-32-54(94(12,13)14)44-64(70)98(24,25)26)80(82(76)78)79-73(47-59(89(83)103)75(57)81(77)79)107-69-37-31-53(93(9,10)11)43-63(69)97(21,22)23/h27-48H,1-26H3,(H,99,101)(H,100,102). The number of pyridine rings is 2. The molecule has 0 aliphatic heterocycles. The summed E-state index contributed by atoms with van der Waals surface area (Å²) in [5.74, 6) is 2.37. The summed E-state index contributed by atoms with van der Waals surface area (Å²) in [7, 11) is 0. The lowest BCUT2D eigenvalue weighted by atomic mass is 9.76. The second-order valence-electron chi connectivity index (χ2n) is 39.0. The van der Waals surface area contributed by atoms with Crippen LogP contribution >= 0.6 is 0 Å². The van der Waals surface area contributed by atoms with Crippen molar-refractivity contribution in [3.63, 3.8) is 0 Å². The third-order valence-corrected chi connectivity index (χ3v) is 22.3. The lowest BCUT2D eigenvalue weighted by Crippen LogP contribution is -2.18. The lowest BCUT2D eigenvalue weighted by Gasteiger charge is -2.32. The molecule has 11 aromatic carbocycles. The van der Waals surface area contributed by atoms with Gasteiger partial charge >= 0.3 is 0 Å². The second kappa shape index (κ2) is 24.1. The molecule has 0 radical (unpaired) electrons. The molecular weight excluding hydrogens is 1330 g/mol. The number of hydrogen-bond acceptors (Lipinski definition) is 10. The van der Waals surface area contributed by atoms with Crippen LogP contribution in [0.3, 0.4) is 0 Å². The van der Waals surface area contributed by atoms with E-state index < -0.39 is 33.2 Å². The van der Waals surface area contributed by atoms with Gasteiger partial charge in [0.1, 0.15) is 57.5 Å². The summed E-state index contributed by atoms with van der Waals surface area (Å²) < 4.78 is 31.9. The van der Waals surface area contributed by atoms with Crippen molar-refractivity contribution in [2.45, 2.75) is 223 Å². The van der Waals surface area contributed by atoms with E-state index in [1.165, 1.54) is 0 Å². The molecule has 0 fully saturated rings. The normalized spacial score (nSPS) is 13.8. The molecule has 0 saturated carbocycles. The summed E-state index contributed by atoms with van der Waals surface area (Å²) in [5, 5.41) is 31.3. The molecule has 0 atom stereocenters. The Labute approximate surface area is 636 Å². The molecule has 10 nitrogen and oxygen atoms in total. The molecule has 108 heavy (non-hydrogen) atoms. The van der Waals surface area contributed by atoms with Gasteiger partial charge < -0.3 is 29.2 Å². The van der Waals surface area contributed by atoms with Crippen LogP contribution in [0.25, 0.3) is 87.4 Å². The molecule has 0 bridgehead atoms. The molecule has 0 spiro atoms. The van der Waals surface area contributed by atoms with Crippen LogP contribution in [0.2, 0.25) is 0 Å². The third kappa shape index (κ3) is 12.0. The van der Waals surface area contributed by atoms with Gasteiger partial charge in [0.2, 0.25) is 0 Å². The van der Waals surface area contributed by atoms with Crippen LogP contribution < -0.4 is 18.9 Å².